The van der Waals surface area contributed by atoms with Crippen LogP contribution in [0.1, 0.15) is 33.1 Å². The lowest BCUT2D eigenvalue weighted by Crippen LogP contribution is -2.01. The molecule has 0 unspecified atom stereocenters. The van der Waals surface area contributed by atoms with Crippen molar-refractivity contribution in [1.82, 2.24) is 0 Å². The van der Waals surface area contributed by atoms with E-state index >= 15 is 0 Å². The van der Waals surface area contributed by atoms with Crippen molar-refractivity contribution in [2.45, 2.75) is 33.1 Å². The topological polar surface area (TPSA) is 46.1 Å². The summed E-state index contributed by atoms with van der Waals surface area (Å²) in [5.41, 5.74) is 4.47. The Hall–Kier alpha value is -0.860. The van der Waals surface area contributed by atoms with Gasteiger partial charge in [0.25, 0.3) is 0 Å². The number of hydrogen-bond donors (Lipinski definition) is 1. The van der Waals surface area contributed by atoms with Crippen LogP contribution in [0.2, 0.25) is 0 Å². The lowest BCUT2D eigenvalue weighted by atomic mass is 10.3. The Kier molecular flexibility index (Phi) is 11.6. The number of hydrogen-bond acceptors (Lipinski definition) is 1. The fourth-order valence-electron chi connectivity index (χ4n) is 0.554. The Labute approximate surface area is 75.3 Å². The Morgan fingerprint density at radius 1 is 1.50 bits per heavy atom. The lowest BCUT2D eigenvalue weighted by Gasteiger charge is -1.85. The van der Waals surface area contributed by atoms with Gasteiger partial charge in [-0.2, -0.15) is 0 Å². The number of amides is 1. The molecule has 2 N–H and O–H groups in total. The van der Waals surface area contributed by atoms with Gasteiger partial charge in [-0.25, -0.2) is 4.58 Å². The second-order valence-electron chi connectivity index (χ2n) is 2.90. The van der Waals surface area contributed by atoms with E-state index in [2.05, 4.69) is 37.5 Å². The first-order chi connectivity index (χ1) is 5.50. The van der Waals surface area contributed by atoms with Crippen LogP contribution in [0.15, 0.2) is 0 Å². The summed E-state index contributed by atoms with van der Waals surface area (Å²) in [6, 6.07) is 0. The minimum Gasteiger partial charge on any atom is -0.370 e. The first kappa shape index (κ1) is 13.7. The van der Waals surface area contributed by atoms with Crippen LogP contribution in [0.25, 0.3) is 0 Å². The summed E-state index contributed by atoms with van der Waals surface area (Å²) in [5.74, 6) is -0.333. The number of nitrogens with two attached hydrogens (primary N) is 1. The standard InChI is InChI=1S/C7H16N.C2H5NO/c1-4-5-6-7-8(2)3;1-2(3)4/h7H,4-6H2,1-3H3;1H3,(H2,3,4)/q+1;/i1+1,2+1,3+1;. The van der Waals surface area contributed by atoms with Gasteiger partial charge in [-0.15, -0.1) is 0 Å². The highest BCUT2D eigenvalue weighted by molar-refractivity contribution is 5.70. The molecular formula is C9H21N2O+. The molecule has 12 heavy (non-hydrogen) atoms. The molecule has 0 aliphatic carbocycles. The number of carbonyl (C=O) groups excluding carboxylic acids is 1. The van der Waals surface area contributed by atoms with Crippen LogP contribution in [0.3, 0.4) is 0 Å². The van der Waals surface area contributed by atoms with Gasteiger partial charge in [0.05, 0.1) is 0 Å². The van der Waals surface area contributed by atoms with E-state index in [0.29, 0.717) is 0 Å². The maximum absolute atomic E-state index is 9.22. The minimum absolute atomic E-state index is 0.333. The number of primary amides is 1. The van der Waals surface area contributed by atoms with Crippen LogP contribution in [0.5, 0.6) is 0 Å². The fraction of sp³-hybridized carbons (Fsp3) is 0.778. The second-order valence-corrected chi connectivity index (χ2v) is 2.90. The maximum Gasteiger partial charge on any atom is 0.214 e. The molecule has 1 amide bonds. The van der Waals surface area contributed by atoms with E-state index in [1.54, 1.807) is 0 Å². The van der Waals surface area contributed by atoms with Crippen LogP contribution < -0.4 is 5.73 Å². The van der Waals surface area contributed by atoms with Gasteiger partial charge in [-0.1, -0.05) is 13.3 Å². The van der Waals surface area contributed by atoms with Crippen LogP contribution in [0.4, 0.5) is 0 Å². The number of nitrogens with zero attached hydrogens (tertiary/aromatic N) is 1. The summed E-state index contributed by atoms with van der Waals surface area (Å²) in [6.45, 7) is 3.52. The van der Waals surface area contributed by atoms with Crippen molar-refractivity contribution in [1.29, 1.82) is 0 Å². The molecule has 0 atom stereocenters. The van der Waals surface area contributed by atoms with Gasteiger partial charge in [-0.3, -0.25) is 4.79 Å². The molecule has 72 valence electrons. The number of carbonyl (C=O) groups is 1. The Bertz CT molecular complexity index is 133. The van der Waals surface area contributed by atoms with E-state index in [1.807, 2.05) is 0 Å². The zero-order valence-corrected chi connectivity index (χ0v) is 8.63. The zero-order chi connectivity index (χ0) is 9.98. The Morgan fingerprint density at radius 2 is 1.92 bits per heavy atom. The summed E-state index contributed by atoms with van der Waals surface area (Å²) in [7, 11) is 4.13. The van der Waals surface area contributed by atoms with Gasteiger partial charge in [-0.05, 0) is 6.42 Å². The van der Waals surface area contributed by atoms with Gasteiger partial charge < -0.3 is 5.73 Å². The monoisotopic (exact) mass is 176 g/mol. The van der Waals surface area contributed by atoms with Gasteiger partial charge in [0.1, 0.15) is 20.3 Å². The molecule has 0 aromatic carbocycles. The highest BCUT2D eigenvalue weighted by Crippen LogP contribution is 1.88. The second kappa shape index (κ2) is 10.1. The first-order valence-corrected chi connectivity index (χ1v) is 4.26. The van der Waals surface area contributed by atoms with Crippen molar-refractivity contribution >= 4 is 12.1 Å². The van der Waals surface area contributed by atoms with Crippen LogP contribution >= 0.6 is 0 Å². The van der Waals surface area contributed by atoms with Crippen molar-refractivity contribution in [3.63, 3.8) is 0 Å². The zero-order valence-electron chi connectivity index (χ0n) is 8.63. The SMILES string of the molecule is CC(N)=O.[13CH3]CCCC=[N+]([13CH3])[13CH3]. The Morgan fingerprint density at radius 3 is 2.17 bits per heavy atom. The molecule has 0 aliphatic heterocycles. The quantitative estimate of drug-likeness (QED) is 0.296. The molecule has 0 radical (unpaired) electrons. The predicted molar refractivity (Wildman–Crippen MR) is 52.6 cm³/mol. The van der Waals surface area contributed by atoms with Crippen LogP contribution in [-0.4, -0.2) is 30.8 Å². The highest BCUT2D eigenvalue weighted by Gasteiger charge is 1.82. The molecule has 0 spiro atoms. The average molecular weight is 176 g/mol. The van der Waals surface area contributed by atoms with E-state index in [-0.39, 0.29) is 5.91 Å². The van der Waals surface area contributed by atoms with Gasteiger partial charge in [0, 0.05) is 13.3 Å². The van der Waals surface area contributed by atoms with Crippen molar-refractivity contribution in [3.8, 4) is 0 Å². The maximum atomic E-state index is 9.22. The summed E-state index contributed by atoms with van der Waals surface area (Å²) in [5, 5.41) is 0. The van der Waals surface area contributed by atoms with Crippen LogP contribution in [0, 0.1) is 0 Å². The molecule has 0 aromatic rings. The molecule has 3 nitrogen and oxygen atoms in total. The molecule has 0 fully saturated rings. The molecule has 0 rings (SSSR count). The molecule has 0 saturated heterocycles. The van der Waals surface area contributed by atoms with Crippen molar-refractivity contribution < 1.29 is 9.37 Å². The summed E-state index contributed by atoms with van der Waals surface area (Å²) in [6.07, 6.45) is 6.05. The number of rotatable bonds is 3. The lowest BCUT2D eigenvalue weighted by molar-refractivity contribution is -0.460. The van der Waals surface area contributed by atoms with Crippen molar-refractivity contribution in [2.24, 2.45) is 5.73 Å². The molecule has 0 heterocycles. The summed E-state index contributed by atoms with van der Waals surface area (Å²) < 4.78 is 2.11. The van der Waals surface area contributed by atoms with E-state index in [4.69, 9.17) is 0 Å². The number of unbranched alkanes of at least 4 members (excludes halogenated alkanes) is 2. The summed E-state index contributed by atoms with van der Waals surface area (Å²) in [4.78, 5) is 9.22. The first-order valence-electron chi connectivity index (χ1n) is 4.26. The van der Waals surface area contributed by atoms with Crippen molar-refractivity contribution in [3.05, 3.63) is 0 Å². The van der Waals surface area contributed by atoms with Gasteiger partial charge in [0.2, 0.25) is 5.91 Å². The van der Waals surface area contributed by atoms with E-state index in [1.165, 1.54) is 26.2 Å². The molecule has 0 aliphatic rings. The van der Waals surface area contributed by atoms with Crippen molar-refractivity contribution in [2.75, 3.05) is 14.1 Å². The largest absolute Gasteiger partial charge is 0.370 e. The normalized spacial score (nSPS) is 8.00. The Balaban J connectivity index is 0. The van der Waals surface area contributed by atoms with Gasteiger partial charge >= 0.3 is 0 Å². The smallest absolute Gasteiger partial charge is 0.214 e. The molecule has 0 bridgehead atoms. The molecule has 3 heteroatoms. The van der Waals surface area contributed by atoms with E-state index in [0.717, 1.165) is 0 Å². The highest BCUT2D eigenvalue weighted by atomic mass is 16.1. The fourth-order valence-corrected chi connectivity index (χ4v) is 0.554. The molecule has 0 saturated carbocycles. The third-order valence-electron chi connectivity index (χ3n) is 1.05. The van der Waals surface area contributed by atoms with Gasteiger partial charge in [0.15, 0.2) is 0 Å². The third-order valence-corrected chi connectivity index (χ3v) is 1.05. The van der Waals surface area contributed by atoms with E-state index in [9.17, 15) is 4.79 Å². The minimum atomic E-state index is -0.333. The predicted octanol–water partition coefficient (Wildman–Crippen LogP) is 1.01. The third kappa shape index (κ3) is 35.3. The molecule has 0 aromatic heterocycles. The summed E-state index contributed by atoms with van der Waals surface area (Å²) >= 11 is 0. The van der Waals surface area contributed by atoms with Crippen LogP contribution in [-0.2, 0) is 4.79 Å². The average Bonchev–Trinajstić information content (AvgIpc) is 1.86. The molecular weight excluding hydrogens is 155 g/mol. The van der Waals surface area contributed by atoms with E-state index < -0.39 is 0 Å².